The Morgan fingerprint density at radius 2 is 1.27 bits per heavy atom. The third kappa shape index (κ3) is 4.09. The van der Waals surface area contributed by atoms with Crippen LogP contribution in [0, 0.1) is 20.8 Å². The number of para-hydroxylation sites is 2. The second-order valence-corrected chi connectivity index (χ2v) is 9.85. The minimum atomic E-state index is 0.194. The maximum atomic E-state index is 2.52. The van der Waals surface area contributed by atoms with Crippen LogP contribution in [0.3, 0.4) is 0 Å². The zero-order chi connectivity index (χ0) is 21.5. The van der Waals surface area contributed by atoms with E-state index in [9.17, 15) is 0 Å². The predicted octanol–water partition coefficient (Wildman–Crippen LogP) is 6.89. The van der Waals surface area contributed by atoms with Crippen LogP contribution in [0.5, 0.6) is 0 Å². The summed E-state index contributed by atoms with van der Waals surface area (Å²) in [7, 11) is 0. The van der Waals surface area contributed by atoms with Crippen LogP contribution >= 0.6 is 0 Å². The van der Waals surface area contributed by atoms with Crippen LogP contribution in [0.25, 0.3) is 0 Å². The monoisotopic (exact) mass is 398 g/mol. The first kappa shape index (κ1) is 20.5. The second-order valence-electron chi connectivity index (χ2n) is 9.85. The Morgan fingerprint density at radius 3 is 1.80 bits per heavy atom. The number of rotatable bonds is 4. The Labute approximate surface area is 182 Å². The second kappa shape index (κ2) is 7.83. The summed E-state index contributed by atoms with van der Waals surface area (Å²) in [6.07, 6.45) is 0. The van der Waals surface area contributed by atoms with Gasteiger partial charge in [-0.25, -0.2) is 0 Å². The summed E-state index contributed by atoms with van der Waals surface area (Å²) in [5.41, 5.74) is 11.2. The lowest BCUT2D eigenvalue weighted by molar-refractivity contribution is 0.590. The van der Waals surface area contributed by atoms with Gasteiger partial charge in [0, 0.05) is 13.1 Å². The SMILES string of the molecule is Cc1cc(C)c(CN2CN(Cc3ccc(C(C)(C)C)cc3)c3ccccc32)c(C)c1. The van der Waals surface area contributed by atoms with Gasteiger partial charge in [-0.1, -0.05) is 74.9 Å². The van der Waals surface area contributed by atoms with E-state index in [1.165, 1.54) is 44.8 Å². The van der Waals surface area contributed by atoms with E-state index >= 15 is 0 Å². The van der Waals surface area contributed by atoms with E-state index in [1.54, 1.807) is 0 Å². The number of anilines is 2. The van der Waals surface area contributed by atoms with Crippen LogP contribution in [0.15, 0.2) is 60.7 Å². The molecule has 0 radical (unpaired) electrons. The molecule has 2 nitrogen and oxygen atoms in total. The minimum absolute atomic E-state index is 0.194. The Kier molecular flexibility index (Phi) is 5.36. The molecule has 0 atom stereocenters. The summed E-state index contributed by atoms with van der Waals surface area (Å²) in [6, 6.07) is 22.6. The summed E-state index contributed by atoms with van der Waals surface area (Å²) < 4.78 is 0. The van der Waals surface area contributed by atoms with Gasteiger partial charge in [0.25, 0.3) is 0 Å². The van der Waals surface area contributed by atoms with Crippen LogP contribution in [0.4, 0.5) is 11.4 Å². The fraction of sp³-hybridized carbons (Fsp3) is 0.357. The number of fused-ring (bicyclic) bond motifs is 1. The topological polar surface area (TPSA) is 6.48 Å². The lowest BCUT2D eigenvalue weighted by Crippen LogP contribution is -2.30. The van der Waals surface area contributed by atoms with E-state index < -0.39 is 0 Å². The van der Waals surface area contributed by atoms with Crippen molar-refractivity contribution in [2.24, 2.45) is 0 Å². The van der Waals surface area contributed by atoms with E-state index in [0.29, 0.717) is 0 Å². The van der Waals surface area contributed by atoms with Crippen molar-refractivity contribution in [2.75, 3.05) is 16.5 Å². The molecule has 0 fully saturated rings. The zero-order valence-electron chi connectivity index (χ0n) is 19.3. The lowest BCUT2D eigenvalue weighted by atomic mass is 9.87. The number of hydrogen-bond acceptors (Lipinski definition) is 2. The summed E-state index contributed by atoms with van der Waals surface area (Å²) >= 11 is 0. The van der Waals surface area contributed by atoms with Crippen molar-refractivity contribution < 1.29 is 0 Å². The highest BCUT2D eigenvalue weighted by atomic mass is 15.4. The van der Waals surface area contributed by atoms with E-state index in [2.05, 4.69) is 112 Å². The molecule has 156 valence electrons. The molecule has 0 amide bonds. The molecule has 2 heteroatoms. The first-order valence-electron chi connectivity index (χ1n) is 11.0. The van der Waals surface area contributed by atoms with Gasteiger partial charge in [0.1, 0.15) is 0 Å². The highest BCUT2D eigenvalue weighted by Crippen LogP contribution is 2.38. The third-order valence-corrected chi connectivity index (χ3v) is 6.29. The molecule has 0 saturated heterocycles. The largest absolute Gasteiger partial charge is 0.348 e. The summed E-state index contributed by atoms with van der Waals surface area (Å²) in [5.74, 6) is 0. The highest BCUT2D eigenvalue weighted by molar-refractivity contribution is 5.76. The van der Waals surface area contributed by atoms with Gasteiger partial charge in [-0.3, -0.25) is 0 Å². The molecule has 0 spiro atoms. The molecule has 0 saturated carbocycles. The van der Waals surface area contributed by atoms with Gasteiger partial charge in [-0.2, -0.15) is 0 Å². The van der Waals surface area contributed by atoms with Crippen LogP contribution in [-0.2, 0) is 18.5 Å². The first-order chi connectivity index (χ1) is 14.2. The number of nitrogens with zero attached hydrogens (tertiary/aromatic N) is 2. The molecule has 0 bridgehead atoms. The Morgan fingerprint density at radius 1 is 0.733 bits per heavy atom. The van der Waals surface area contributed by atoms with Crippen LogP contribution < -0.4 is 9.80 Å². The third-order valence-electron chi connectivity index (χ3n) is 6.29. The Hall–Kier alpha value is -2.74. The van der Waals surface area contributed by atoms with E-state index in [1.807, 2.05) is 0 Å². The van der Waals surface area contributed by atoms with Gasteiger partial charge in [0.2, 0.25) is 0 Å². The van der Waals surface area contributed by atoms with Gasteiger partial charge in [-0.15, -0.1) is 0 Å². The number of aryl methyl sites for hydroxylation is 3. The van der Waals surface area contributed by atoms with Crippen molar-refractivity contribution >= 4 is 11.4 Å². The first-order valence-corrected chi connectivity index (χ1v) is 11.0. The normalized spacial score (nSPS) is 13.7. The number of benzene rings is 3. The molecule has 0 aromatic heterocycles. The van der Waals surface area contributed by atoms with Crippen LogP contribution in [0.1, 0.15) is 54.2 Å². The fourth-order valence-electron chi connectivity index (χ4n) is 4.61. The van der Waals surface area contributed by atoms with Crippen molar-refractivity contribution in [1.29, 1.82) is 0 Å². The number of hydrogen-bond donors (Lipinski definition) is 0. The van der Waals surface area contributed by atoms with Crippen molar-refractivity contribution in [2.45, 2.75) is 60.0 Å². The fourth-order valence-corrected chi connectivity index (χ4v) is 4.61. The molecule has 0 aliphatic carbocycles. The van der Waals surface area contributed by atoms with Gasteiger partial charge in [0.15, 0.2) is 0 Å². The lowest BCUT2D eigenvalue weighted by Gasteiger charge is -2.24. The van der Waals surface area contributed by atoms with Gasteiger partial charge in [-0.05, 0) is 66.1 Å². The van der Waals surface area contributed by atoms with Gasteiger partial charge in [0.05, 0.1) is 18.0 Å². The molecule has 4 rings (SSSR count). The van der Waals surface area contributed by atoms with E-state index in [4.69, 9.17) is 0 Å². The summed E-state index contributed by atoms with van der Waals surface area (Å²) in [4.78, 5) is 5.02. The maximum absolute atomic E-state index is 2.52. The average molecular weight is 399 g/mol. The molecular weight excluding hydrogens is 364 g/mol. The molecule has 1 heterocycles. The molecular formula is C28H34N2. The predicted molar refractivity (Wildman–Crippen MR) is 129 cm³/mol. The smallest absolute Gasteiger partial charge is 0.0911 e. The molecule has 30 heavy (non-hydrogen) atoms. The van der Waals surface area contributed by atoms with Crippen molar-refractivity contribution in [3.8, 4) is 0 Å². The molecule has 1 aliphatic rings. The molecule has 3 aromatic carbocycles. The van der Waals surface area contributed by atoms with Crippen molar-refractivity contribution in [3.05, 3.63) is 94.0 Å². The van der Waals surface area contributed by atoms with Crippen molar-refractivity contribution in [1.82, 2.24) is 0 Å². The quantitative estimate of drug-likeness (QED) is 0.472. The standard InChI is InChI=1S/C28H34N2/c1-20-15-21(2)25(22(3)16-20)18-30-19-29(26-9-7-8-10-27(26)30)17-23-11-13-24(14-12-23)28(4,5)6/h7-16H,17-19H2,1-6H3. The van der Waals surface area contributed by atoms with Crippen LogP contribution in [0.2, 0.25) is 0 Å². The Balaban J connectivity index is 1.57. The van der Waals surface area contributed by atoms with Gasteiger partial charge >= 0.3 is 0 Å². The van der Waals surface area contributed by atoms with Crippen molar-refractivity contribution in [3.63, 3.8) is 0 Å². The summed E-state index contributed by atoms with van der Waals surface area (Å²) in [6.45, 7) is 16.3. The highest BCUT2D eigenvalue weighted by Gasteiger charge is 2.26. The molecule has 0 N–H and O–H groups in total. The maximum Gasteiger partial charge on any atom is 0.0911 e. The zero-order valence-corrected chi connectivity index (χ0v) is 19.3. The van der Waals surface area contributed by atoms with Gasteiger partial charge < -0.3 is 9.80 Å². The summed E-state index contributed by atoms with van der Waals surface area (Å²) in [5, 5.41) is 0. The minimum Gasteiger partial charge on any atom is -0.348 e. The molecule has 1 aliphatic heterocycles. The van der Waals surface area contributed by atoms with Crippen LogP contribution in [-0.4, -0.2) is 6.67 Å². The molecule has 0 unspecified atom stereocenters. The molecule has 3 aromatic rings. The average Bonchev–Trinajstić information content (AvgIpc) is 3.02. The van der Waals surface area contributed by atoms with E-state index in [-0.39, 0.29) is 5.41 Å². The Bertz CT molecular complexity index is 1020. The van der Waals surface area contributed by atoms with E-state index in [0.717, 1.165) is 19.8 Å².